The summed E-state index contributed by atoms with van der Waals surface area (Å²) in [7, 11) is 0. The van der Waals surface area contributed by atoms with Crippen molar-refractivity contribution in [2.75, 3.05) is 13.2 Å². The van der Waals surface area contributed by atoms with Gasteiger partial charge in [0.15, 0.2) is 6.10 Å². The Morgan fingerprint density at radius 2 is 0.493 bits per heavy atom. The van der Waals surface area contributed by atoms with Crippen molar-refractivity contribution in [3.05, 3.63) is 36.5 Å². The summed E-state index contributed by atoms with van der Waals surface area (Å²) < 4.78 is 17.0. The van der Waals surface area contributed by atoms with Crippen LogP contribution in [0, 0.1) is 0 Å². The smallest absolute Gasteiger partial charge is 0.306 e. The van der Waals surface area contributed by atoms with E-state index in [0.29, 0.717) is 19.3 Å². The molecule has 0 aliphatic heterocycles. The van der Waals surface area contributed by atoms with Crippen LogP contribution in [0.15, 0.2) is 36.5 Å². The van der Waals surface area contributed by atoms with Gasteiger partial charge in [0.05, 0.1) is 0 Å². The fourth-order valence-electron chi connectivity index (χ4n) is 9.71. The number of hydrogen-bond acceptors (Lipinski definition) is 6. The summed E-state index contributed by atoms with van der Waals surface area (Å²) in [5.41, 5.74) is 0. The third kappa shape index (κ3) is 60.4. The zero-order valence-corrected chi connectivity index (χ0v) is 49.2. The average molecular weight is 1030 g/mol. The molecule has 0 saturated carbocycles. The van der Waals surface area contributed by atoms with Crippen molar-refractivity contribution >= 4 is 17.9 Å². The average Bonchev–Trinajstić information content (AvgIpc) is 3.39. The molecule has 1 atom stereocenters. The summed E-state index contributed by atoms with van der Waals surface area (Å²) in [4.78, 5) is 38.3. The Bertz CT molecular complexity index is 1220. The summed E-state index contributed by atoms with van der Waals surface area (Å²) >= 11 is 0. The number of carbonyl (C=O) groups excluding carboxylic acids is 3. The zero-order valence-electron chi connectivity index (χ0n) is 49.2. The van der Waals surface area contributed by atoms with Gasteiger partial charge in [-0.2, -0.15) is 0 Å². The first kappa shape index (κ1) is 70.6. The summed E-state index contributed by atoms with van der Waals surface area (Å²) in [5.74, 6) is -0.856. The van der Waals surface area contributed by atoms with Gasteiger partial charge in [-0.1, -0.05) is 295 Å². The van der Waals surface area contributed by atoms with Gasteiger partial charge >= 0.3 is 17.9 Å². The van der Waals surface area contributed by atoms with E-state index in [9.17, 15) is 14.4 Å². The lowest BCUT2D eigenvalue weighted by atomic mass is 10.0. The second-order valence-electron chi connectivity index (χ2n) is 22.0. The number of unbranched alkanes of at least 4 members (excludes halogenated alkanes) is 43. The maximum Gasteiger partial charge on any atom is 0.306 e. The summed E-state index contributed by atoms with van der Waals surface area (Å²) in [6.45, 7) is 6.67. The zero-order chi connectivity index (χ0) is 52.9. The molecular formula is C67H124O6. The minimum absolute atomic E-state index is 0.0715. The Hall–Kier alpha value is -2.37. The van der Waals surface area contributed by atoms with Crippen LogP contribution < -0.4 is 0 Å². The Kier molecular flexibility index (Phi) is 60.2. The van der Waals surface area contributed by atoms with Gasteiger partial charge in [-0.25, -0.2) is 0 Å². The molecule has 0 bridgehead atoms. The molecule has 0 saturated heterocycles. The summed E-state index contributed by atoms with van der Waals surface area (Å²) in [6.07, 6.45) is 75.7. The van der Waals surface area contributed by atoms with E-state index in [-0.39, 0.29) is 31.1 Å². The topological polar surface area (TPSA) is 78.9 Å². The molecule has 0 aliphatic rings. The molecule has 0 aliphatic carbocycles. The van der Waals surface area contributed by atoms with Crippen LogP contribution in [-0.2, 0) is 28.6 Å². The minimum atomic E-state index is -0.774. The van der Waals surface area contributed by atoms with Gasteiger partial charge in [0.1, 0.15) is 13.2 Å². The first-order valence-electron chi connectivity index (χ1n) is 32.5. The highest BCUT2D eigenvalue weighted by Crippen LogP contribution is 2.17. The van der Waals surface area contributed by atoms with E-state index < -0.39 is 6.10 Å². The maximum atomic E-state index is 12.9. The first-order chi connectivity index (χ1) is 36.0. The van der Waals surface area contributed by atoms with Crippen LogP contribution in [0.4, 0.5) is 0 Å². The van der Waals surface area contributed by atoms with Crippen LogP contribution in [0.25, 0.3) is 0 Å². The third-order valence-electron chi connectivity index (χ3n) is 14.6. The standard InChI is InChI=1S/C67H124O6/c1-4-7-10-13-16-19-22-25-28-31-33-36-39-42-45-48-51-54-57-60-66(69)72-63-64(62-71-65(68)59-56-53-50-47-44-41-38-35-30-27-24-21-18-15-12-9-6-3)73-67(70)61-58-55-52-49-46-43-40-37-34-32-29-26-23-20-17-14-11-8-5-2/h18,21,25,27-28,30,64H,4-17,19-20,22-24,26,29,31-63H2,1-3H3/b21-18-,28-25-,30-27-/t64-/m1/s1. The van der Waals surface area contributed by atoms with E-state index in [0.717, 1.165) is 70.6 Å². The number of hydrogen-bond donors (Lipinski definition) is 0. The fraction of sp³-hybridized carbons (Fsp3) is 0.866. The number of esters is 3. The minimum Gasteiger partial charge on any atom is -0.462 e. The molecule has 0 rings (SSSR count). The normalized spacial score (nSPS) is 12.2. The van der Waals surface area contributed by atoms with Gasteiger partial charge in [-0.15, -0.1) is 0 Å². The van der Waals surface area contributed by atoms with Gasteiger partial charge in [0.25, 0.3) is 0 Å². The SMILES string of the molecule is CCCCC/C=C\C/C=C\CCCCCCCCCC(=O)OC[C@H](COC(=O)CCCCCCCCCCC/C=C\CCCCCCCC)OC(=O)CCCCCCCCCCCCCCCCCCCCC. The van der Waals surface area contributed by atoms with Crippen LogP contribution >= 0.6 is 0 Å². The highest BCUT2D eigenvalue weighted by Gasteiger charge is 2.19. The van der Waals surface area contributed by atoms with E-state index in [4.69, 9.17) is 14.2 Å². The van der Waals surface area contributed by atoms with Crippen LogP contribution in [0.3, 0.4) is 0 Å². The lowest BCUT2D eigenvalue weighted by Crippen LogP contribution is -2.30. The van der Waals surface area contributed by atoms with Crippen molar-refractivity contribution < 1.29 is 28.6 Å². The molecule has 0 fully saturated rings. The Morgan fingerprint density at radius 3 is 0.795 bits per heavy atom. The van der Waals surface area contributed by atoms with Crippen molar-refractivity contribution in [3.8, 4) is 0 Å². The van der Waals surface area contributed by atoms with Crippen LogP contribution in [0.1, 0.15) is 355 Å². The lowest BCUT2D eigenvalue weighted by molar-refractivity contribution is -0.167. The molecule has 6 heteroatoms. The number of rotatable bonds is 60. The van der Waals surface area contributed by atoms with E-state index in [1.807, 2.05) is 0 Å². The third-order valence-corrected chi connectivity index (χ3v) is 14.6. The second kappa shape index (κ2) is 62.2. The number of allylic oxidation sites excluding steroid dienone is 6. The predicted octanol–water partition coefficient (Wildman–Crippen LogP) is 22.0. The second-order valence-corrected chi connectivity index (χ2v) is 22.0. The van der Waals surface area contributed by atoms with Gasteiger partial charge < -0.3 is 14.2 Å². The monoisotopic (exact) mass is 1020 g/mol. The Labute approximate surface area is 455 Å². The van der Waals surface area contributed by atoms with Crippen molar-refractivity contribution in [2.24, 2.45) is 0 Å². The van der Waals surface area contributed by atoms with Crippen molar-refractivity contribution in [1.29, 1.82) is 0 Å². The fourth-order valence-corrected chi connectivity index (χ4v) is 9.71. The molecular weight excluding hydrogens is 901 g/mol. The number of carbonyl (C=O) groups is 3. The summed E-state index contributed by atoms with van der Waals surface area (Å²) in [5, 5.41) is 0. The van der Waals surface area contributed by atoms with Crippen molar-refractivity contribution in [1.82, 2.24) is 0 Å². The molecule has 0 amide bonds. The largest absolute Gasteiger partial charge is 0.462 e. The summed E-state index contributed by atoms with van der Waals surface area (Å²) in [6, 6.07) is 0. The van der Waals surface area contributed by atoms with Crippen LogP contribution in [0.5, 0.6) is 0 Å². The highest BCUT2D eigenvalue weighted by atomic mass is 16.6. The maximum absolute atomic E-state index is 12.9. The van der Waals surface area contributed by atoms with E-state index in [2.05, 4.69) is 57.2 Å². The molecule has 0 spiro atoms. The molecule has 73 heavy (non-hydrogen) atoms. The molecule has 0 aromatic heterocycles. The van der Waals surface area contributed by atoms with E-state index in [1.54, 1.807) is 0 Å². The molecule has 0 heterocycles. The first-order valence-corrected chi connectivity index (χ1v) is 32.5. The Balaban J connectivity index is 4.34. The molecule has 428 valence electrons. The molecule has 0 aromatic rings. The quantitative estimate of drug-likeness (QED) is 0.0261. The predicted molar refractivity (Wildman–Crippen MR) is 316 cm³/mol. The number of ether oxygens (including phenoxy) is 3. The molecule has 0 aromatic carbocycles. The van der Waals surface area contributed by atoms with Crippen LogP contribution in [0.2, 0.25) is 0 Å². The van der Waals surface area contributed by atoms with Gasteiger partial charge in [0.2, 0.25) is 0 Å². The van der Waals surface area contributed by atoms with Gasteiger partial charge in [0, 0.05) is 19.3 Å². The van der Waals surface area contributed by atoms with Crippen molar-refractivity contribution in [3.63, 3.8) is 0 Å². The highest BCUT2D eigenvalue weighted by molar-refractivity contribution is 5.71. The lowest BCUT2D eigenvalue weighted by Gasteiger charge is -2.18. The van der Waals surface area contributed by atoms with Gasteiger partial charge in [-0.3, -0.25) is 14.4 Å². The van der Waals surface area contributed by atoms with Crippen LogP contribution in [-0.4, -0.2) is 37.2 Å². The molecule has 0 radical (unpaired) electrons. The molecule has 0 N–H and O–H groups in total. The molecule has 0 unspecified atom stereocenters. The van der Waals surface area contributed by atoms with E-state index >= 15 is 0 Å². The Morgan fingerprint density at radius 1 is 0.274 bits per heavy atom. The van der Waals surface area contributed by atoms with E-state index in [1.165, 1.54) is 244 Å². The van der Waals surface area contributed by atoms with Crippen molar-refractivity contribution in [2.45, 2.75) is 361 Å². The van der Waals surface area contributed by atoms with Gasteiger partial charge in [-0.05, 0) is 77.0 Å². The molecule has 6 nitrogen and oxygen atoms in total.